The van der Waals surface area contributed by atoms with Crippen molar-refractivity contribution in [2.75, 3.05) is 26.7 Å². The van der Waals surface area contributed by atoms with Gasteiger partial charge in [-0.05, 0) is 30.2 Å². The van der Waals surface area contributed by atoms with Crippen molar-refractivity contribution in [1.82, 2.24) is 20.0 Å². The second kappa shape index (κ2) is 7.49. The number of rotatable bonds is 5. The lowest BCUT2D eigenvalue weighted by atomic mass is 10.0. The molecule has 0 spiro atoms. The molecule has 6 heteroatoms. The first-order valence-electron chi connectivity index (χ1n) is 8.42. The van der Waals surface area contributed by atoms with Crippen LogP contribution in [-0.2, 0) is 6.54 Å². The van der Waals surface area contributed by atoms with Gasteiger partial charge in [0.2, 0.25) is 0 Å². The number of aromatic nitrogens is 2. The Balaban J connectivity index is 1.81. The molecule has 6 nitrogen and oxygen atoms in total. The molecular formula is C18H24N4O2. The average Bonchev–Trinajstić information content (AvgIpc) is 3.10. The molecule has 1 aliphatic rings. The number of aryl methyl sites for hydroxylation is 1. The SMILES string of the molecule is CCCn1ccc(C(=O)N2CCNC[C@@H]2c2ccc(OC)cc2)n1. The summed E-state index contributed by atoms with van der Waals surface area (Å²) in [5.74, 6) is 0.811. The van der Waals surface area contributed by atoms with E-state index in [9.17, 15) is 4.79 Å². The Kier molecular flexibility index (Phi) is 5.15. The van der Waals surface area contributed by atoms with E-state index in [4.69, 9.17) is 4.74 Å². The Morgan fingerprint density at radius 3 is 2.83 bits per heavy atom. The average molecular weight is 328 g/mol. The summed E-state index contributed by atoms with van der Waals surface area (Å²) >= 11 is 0. The zero-order valence-electron chi connectivity index (χ0n) is 14.2. The number of amides is 1. The highest BCUT2D eigenvalue weighted by Crippen LogP contribution is 2.25. The van der Waals surface area contributed by atoms with Crippen LogP contribution in [0.4, 0.5) is 0 Å². The van der Waals surface area contributed by atoms with Crippen LogP contribution in [0.3, 0.4) is 0 Å². The number of nitrogens with one attached hydrogen (secondary N) is 1. The molecule has 1 aromatic carbocycles. The smallest absolute Gasteiger partial charge is 0.274 e. The Bertz CT molecular complexity index is 681. The lowest BCUT2D eigenvalue weighted by molar-refractivity contribution is 0.0627. The predicted octanol–water partition coefficient (Wildman–Crippen LogP) is 2.09. The molecule has 3 rings (SSSR count). The molecule has 1 aromatic heterocycles. The van der Waals surface area contributed by atoms with Gasteiger partial charge in [0.15, 0.2) is 0 Å². The lowest BCUT2D eigenvalue weighted by Gasteiger charge is -2.36. The zero-order valence-corrected chi connectivity index (χ0v) is 14.2. The summed E-state index contributed by atoms with van der Waals surface area (Å²) in [4.78, 5) is 14.8. The lowest BCUT2D eigenvalue weighted by Crippen LogP contribution is -2.48. The number of hydrogen-bond acceptors (Lipinski definition) is 4. The van der Waals surface area contributed by atoms with Gasteiger partial charge in [0.1, 0.15) is 11.4 Å². The number of hydrogen-bond donors (Lipinski definition) is 1. The van der Waals surface area contributed by atoms with E-state index in [1.807, 2.05) is 46.1 Å². The molecule has 0 unspecified atom stereocenters. The van der Waals surface area contributed by atoms with Gasteiger partial charge in [-0.2, -0.15) is 5.10 Å². The third-order valence-corrected chi connectivity index (χ3v) is 4.32. The molecule has 2 aromatic rings. The minimum Gasteiger partial charge on any atom is -0.497 e. The van der Waals surface area contributed by atoms with Crippen molar-refractivity contribution < 1.29 is 9.53 Å². The summed E-state index contributed by atoms with van der Waals surface area (Å²) in [6.45, 7) is 5.15. The summed E-state index contributed by atoms with van der Waals surface area (Å²) in [5.41, 5.74) is 1.62. The van der Waals surface area contributed by atoms with Crippen LogP contribution in [0, 0.1) is 0 Å². The summed E-state index contributed by atoms with van der Waals surface area (Å²) in [5, 5.41) is 7.79. The number of benzene rings is 1. The van der Waals surface area contributed by atoms with Crippen LogP contribution in [0.2, 0.25) is 0 Å². The molecular weight excluding hydrogens is 304 g/mol. The number of methoxy groups -OCH3 is 1. The van der Waals surface area contributed by atoms with Crippen LogP contribution >= 0.6 is 0 Å². The fraction of sp³-hybridized carbons (Fsp3) is 0.444. The Morgan fingerprint density at radius 1 is 1.33 bits per heavy atom. The number of nitrogens with zero attached hydrogens (tertiary/aromatic N) is 3. The Hall–Kier alpha value is -2.34. The van der Waals surface area contributed by atoms with Gasteiger partial charge in [-0.25, -0.2) is 0 Å². The van der Waals surface area contributed by atoms with Crippen LogP contribution in [-0.4, -0.2) is 47.3 Å². The first kappa shape index (κ1) is 16.5. The van der Waals surface area contributed by atoms with E-state index in [2.05, 4.69) is 17.3 Å². The van der Waals surface area contributed by atoms with E-state index in [0.29, 0.717) is 12.2 Å². The van der Waals surface area contributed by atoms with E-state index in [-0.39, 0.29) is 11.9 Å². The first-order chi connectivity index (χ1) is 11.7. The van der Waals surface area contributed by atoms with Crippen molar-refractivity contribution in [2.45, 2.75) is 25.9 Å². The van der Waals surface area contributed by atoms with Crippen LogP contribution < -0.4 is 10.1 Å². The van der Waals surface area contributed by atoms with Gasteiger partial charge < -0.3 is 15.0 Å². The summed E-state index contributed by atoms with van der Waals surface area (Å²) in [6, 6.07) is 9.73. The van der Waals surface area contributed by atoms with Crippen LogP contribution in [0.15, 0.2) is 36.5 Å². The molecule has 0 bridgehead atoms. The van der Waals surface area contributed by atoms with Crippen molar-refractivity contribution in [3.8, 4) is 5.75 Å². The standard InChI is InChI=1S/C18H24N4O2/c1-3-10-21-11-8-16(20-21)18(23)22-12-9-19-13-17(22)14-4-6-15(24-2)7-5-14/h4-8,11,17,19H,3,9-10,12-13H2,1-2H3/t17-/m1/s1. The molecule has 24 heavy (non-hydrogen) atoms. The van der Waals surface area contributed by atoms with Crippen molar-refractivity contribution in [3.63, 3.8) is 0 Å². The third-order valence-electron chi connectivity index (χ3n) is 4.32. The number of carbonyl (C=O) groups is 1. The van der Waals surface area contributed by atoms with E-state index in [1.165, 1.54) is 0 Å². The zero-order chi connectivity index (χ0) is 16.9. The van der Waals surface area contributed by atoms with E-state index in [1.54, 1.807) is 7.11 Å². The van der Waals surface area contributed by atoms with Gasteiger partial charge in [0.05, 0.1) is 13.2 Å². The first-order valence-corrected chi connectivity index (χ1v) is 8.42. The maximum absolute atomic E-state index is 12.9. The topological polar surface area (TPSA) is 59.4 Å². The van der Waals surface area contributed by atoms with Crippen LogP contribution in [0.25, 0.3) is 0 Å². The molecule has 0 aliphatic carbocycles. The predicted molar refractivity (Wildman–Crippen MR) is 92.2 cm³/mol. The molecule has 1 saturated heterocycles. The molecule has 0 saturated carbocycles. The number of ether oxygens (including phenoxy) is 1. The van der Waals surface area contributed by atoms with Gasteiger partial charge in [-0.3, -0.25) is 9.48 Å². The van der Waals surface area contributed by atoms with E-state index >= 15 is 0 Å². The second-order valence-electron chi connectivity index (χ2n) is 5.96. The van der Waals surface area contributed by atoms with Crippen LogP contribution in [0.5, 0.6) is 5.75 Å². The summed E-state index contributed by atoms with van der Waals surface area (Å²) < 4.78 is 7.05. The van der Waals surface area contributed by atoms with E-state index in [0.717, 1.165) is 37.4 Å². The van der Waals surface area contributed by atoms with Crippen molar-refractivity contribution in [3.05, 3.63) is 47.8 Å². The third kappa shape index (κ3) is 3.43. The number of piperazine rings is 1. The van der Waals surface area contributed by atoms with Crippen molar-refractivity contribution in [2.24, 2.45) is 0 Å². The van der Waals surface area contributed by atoms with Gasteiger partial charge in [-0.15, -0.1) is 0 Å². The van der Waals surface area contributed by atoms with Gasteiger partial charge >= 0.3 is 0 Å². The molecule has 2 heterocycles. The van der Waals surface area contributed by atoms with E-state index < -0.39 is 0 Å². The molecule has 1 fully saturated rings. The van der Waals surface area contributed by atoms with Gasteiger partial charge in [-0.1, -0.05) is 19.1 Å². The molecule has 1 aliphatic heterocycles. The van der Waals surface area contributed by atoms with Crippen molar-refractivity contribution >= 4 is 5.91 Å². The minimum absolute atomic E-state index is 0.00725. The molecule has 1 atom stereocenters. The molecule has 128 valence electrons. The number of carbonyl (C=O) groups excluding carboxylic acids is 1. The van der Waals surface area contributed by atoms with Crippen LogP contribution in [0.1, 0.15) is 35.4 Å². The van der Waals surface area contributed by atoms with Gasteiger partial charge in [0, 0.05) is 32.4 Å². The van der Waals surface area contributed by atoms with Crippen molar-refractivity contribution in [1.29, 1.82) is 0 Å². The molecule has 0 radical (unpaired) electrons. The maximum Gasteiger partial charge on any atom is 0.274 e. The Labute approximate surface area is 142 Å². The maximum atomic E-state index is 12.9. The largest absolute Gasteiger partial charge is 0.497 e. The van der Waals surface area contributed by atoms with Gasteiger partial charge in [0.25, 0.3) is 5.91 Å². The summed E-state index contributed by atoms with van der Waals surface area (Å²) in [6.07, 6.45) is 2.87. The normalized spacial score (nSPS) is 17.8. The molecule has 1 amide bonds. The fourth-order valence-electron chi connectivity index (χ4n) is 3.05. The highest BCUT2D eigenvalue weighted by Gasteiger charge is 2.29. The second-order valence-corrected chi connectivity index (χ2v) is 5.96. The Morgan fingerprint density at radius 2 is 2.12 bits per heavy atom. The molecule has 1 N–H and O–H groups in total. The highest BCUT2D eigenvalue weighted by atomic mass is 16.5. The highest BCUT2D eigenvalue weighted by molar-refractivity contribution is 5.92. The fourth-order valence-corrected chi connectivity index (χ4v) is 3.05. The monoisotopic (exact) mass is 328 g/mol. The minimum atomic E-state index is -0.00725. The summed E-state index contributed by atoms with van der Waals surface area (Å²) in [7, 11) is 1.65. The quantitative estimate of drug-likeness (QED) is 0.913.